The van der Waals surface area contributed by atoms with E-state index in [9.17, 15) is 0 Å². The minimum Gasteiger partial charge on any atom is -0.248 e. The third kappa shape index (κ3) is 5.47. The first kappa shape index (κ1) is 27.5. The van der Waals surface area contributed by atoms with E-state index in [0.29, 0.717) is 17.8 Å². The predicted octanol–water partition coefficient (Wildman–Crippen LogP) is 11.1. The van der Waals surface area contributed by atoms with Crippen LogP contribution in [0, 0.1) is 0 Å². The summed E-state index contributed by atoms with van der Waals surface area (Å²) in [5.74, 6) is 1.63. The third-order valence-corrected chi connectivity index (χ3v) is 9.05. The molecule has 0 N–H and O–H groups in total. The topological polar surface area (TPSA) is 12.9 Å². The maximum Gasteiger partial charge on any atom is 0.0707 e. The molecule has 0 amide bonds. The molecule has 0 radical (unpaired) electrons. The highest BCUT2D eigenvalue weighted by Gasteiger charge is 2.30. The van der Waals surface area contributed by atoms with Crippen LogP contribution in [0.3, 0.4) is 0 Å². The molecule has 6 rings (SSSR count). The van der Waals surface area contributed by atoms with E-state index in [1.807, 2.05) is 0 Å². The lowest BCUT2D eigenvalue weighted by molar-refractivity contribution is 0.866. The highest BCUT2D eigenvalue weighted by Crippen LogP contribution is 2.46. The number of pyridine rings is 1. The Morgan fingerprint density at radius 1 is 0.488 bits per heavy atom. The van der Waals surface area contributed by atoms with Crippen molar-refractivity contribution >= 4 is 23.3 Å². The molecule has 41 heavy (non-hydrogen) atoms. The van der Waals surface area contributed by atoms with Gasteiger partial charge in [0.1, 0.15) is 0 Å². The van der Waals surface area contributed by atoms with Crippen LogP contribution < -0.4 is 0 Å². The summed E-state index contributed by atoms with van der Waals surface area (Å²) in [5, 5.41) is 0. The molecule has 2 aliphatic carbocycles. The van der Waals surface area contributed by atoms with Crippen LogP contribution in [-0.4, -0.2) is 4.98 Å². The molecule has 0 saturated carbocycles. The normalized spacial score (nSPS) is 16.4. The van der Waals surface area contributed by atoms with Crippen LogP contribution in [0.15, 0.2) is 72.8 Å². The molecule has 1 heteroatoms. The summed E-state index contributed by atoms with van der Waals surface area (Å²) in [6, 6.07) is 27.5. The second kappa shape index (κ2) is 11.3. The maximum absolute atomic E-state index is 5.48. The first-order valence-electron chi connectivity index (χ1n) is 15.6. The van der Waals surface area contributed by atoms with Crippen molar-refractivity contribution in [1.82, 2.24) is 4.98 Å². The average molecular weight is 538 g/mol. The van der Waals surface area contributed by atoms with Crippen LogP contribution in [0.1, 0.15) is 122 Å². The highest BCUT2D eigenvalue weighted by atomic mass is 14.8. The van der Waals surface area contributed by atoms with Gasteiger partial charge in [0.25, 0.3) is 0 Å². The van der Waals surface area contributed by atoms with Crippen molar-refractivity contribution in [2.45, 2.75) is 85.0 Å². The summed E-state index contributed by atoms with van der Waals surface area (Å²) in [7, 11) is 0. The van der Waals surface area contributed by atoms with E-state index in [-0.39, 0.29) is 0 Å². The van der Waals surface area contributed by atoms with Crippen molar-refractivity contribution in [2.75, 3.05) is 0 Å². The van der Waals surface area contributed by atoms with E-state index < -0.39 is 0 Å². The molecular formula is C40H43N. The van der Waals surface area contributed by atoms with Gasteiger partial charge in [-0.05, 0) is 117 Å². The fraction of sp³-hybridized carbons (Fsp3) is 0.325. The Morgan fingerprint density at radius 2 is 0.854 bits per heavy atom. The molecule has 0 saturated heterocycles. The van der Waals surface area contributed by atoms with Crippen molar-refractivity contribution in [3.05, 3.63) is 123 Å². The molecule has 2 aliphatic rings. The van der Waals surface area contributed by atoms with Crippen molar-refractivity contribution in [1.29, 1.82) is 0 Å². The Labute approximate surface area is 247 Å². The fourth-order valence-corrected chi connectivity index (χ4v) is 6.46. The Morgan fingerprint density at radius 3 is 1.22 bits per heavy atom. The van der Waals surface area contributed by atoms with E-state index in [4.69, 9.17) is 4.98 Å². The van der Waals surface area contributed by atoms with Crippen LogP contribution >= 0.6 is 0 Å². The van der Waals surface area contributed by atoms with Gasteiger partial charge in [0.2, 0.25) is 0 Å². The monoisotopic (exact) mass is 537 g/mol. The molecule has 1 heterocycles. The van der Waals surface area contributed by atoms with Gasteiger partial charge in [-0.3, -0.25) is 0 Å². The molecule has 3 aromatic carbocycles. The highest BCUT2D eigenvalue weighted by molar-refractivity contribution is 5.93. The zero-order valence-electron chi connectivity index (χ0n) is 25.6. The molecule has 0 spiro atoms. The molecular weight excluding hydrogens is 494 g/mol. The van der Waals surface area contributed by atoms with Crippen molar-refractivity contribution in [3.63, 3.8) is 0 Å². The molecule has 0 aliphatic heterocycles. The Kier molecular flexibility index (Phi) is 7.56. The van der Waals surface area contributed by atoms with Gasteiger partial charge in [-0.15, -0.1) is 0 Å². The second-order valence-corrected chi connectivity index (χ2v) is 12.9. The standard InChI is InChI=1S/C40H43N/c1-25(2)30-11-7-28(8-12-30)23-34-19-21-36-38(33-17-15-32(16-18-33)27(5)6)37-22-20-35(40(37)41-39(34)36)24-29-9-13-31(14-10-29)26(3)4/h7-18,23-27H,19-22H2,1-6H3/b34-23+,35-24+. The zero-order chi connectivity index (χ0) is 28.7. The Bertz CT molecular complexity index is 1510. The lowest BCUT2D eigenvalue weighted by atomic mass is 9.91. The third-order valence-electron chi connectivity index (χ3n) is 9.05. The number of nitrogens with zero attached hydrogens (tertiary/aromatic N) is 1. The van der Waals surface area contributed by atoms with Crippen LogP contribution in [0.2, 0.25) is 0 Å². The van der Waals surface area contributed by atoms with Crippen LogP contribution in [0.25, 0.3) is 34.4 Å². The van der Waals surface area contributed by atoms with E-state index in [1.165, 1.54) is 72.6 Å². The van der Waals surface area contributed by atoms with E-state index >= 15 is 0 Å². The average Bonchev–Trinajstić information content (AvgIpc) is 3.56. The molecule has 0 atom stereocenters. The van der Waals surface area contributed by atoms with Crippen molar-refractivity contribution in [2.24, 2.45) is 0 Å². The number of fused-ring (bicyclic) bond motifs is 2. The lowest BCUT2D eigenvalue weighted by Gasteiger charge is -2.16. The minimum atomic E-state index is 0.533. The first-order chi connectivity index (χ1) is 19.8. The summed E-state index contributed by atoms with van der Waals surface area (Å²) >= 11 is 0. The smallest absolute Gasteiger partial charge is 0.0707 e. The predicted molar refractivity (Wildman–Crippen MR) is 177 cm³/mol. The van der Waals surface area contributed by atoms with Gasteiger partial charge in [-0.2, -0.15) is 0 Å². The molecule has 0 fully saturated rings. The van der Waals surface area contributed by atoms with Gasteiger partial charge in [0.15, 0.2) is 0 Å². The SMILES string of the molecule is CC(C)c1ccc(/C=C2\CCc3c2nc2c(c3-c3ccc(C(C)C)cc3)CC/C2=C\c2ccc(C(C)C)cc2)cc1. The second-order valence-electron chi connectivity index (χ2n) is 12.9. The first-order valence-corrected chi connectivity index (χ1v) is 15.6. The summed E-state index contributed by atoms with van der Waals surface area (Å²) in [6.07, 6.45) is 8.97. The summed E-state index contributed by atoms with van der Waals surface area (Å²) < 4.78 is 0. The van der Waals surface area contributed by atoms with Gasteiger partial charge in [0.05, 0.1) is 11.4 Å². The number of allylic oxidation sites excluding steroid dienone is 2. The minimum absolute atomic E-state index is 0.533. The molecule has 208 valence electrons. The zero-order valence-corrected chi connectivity index (χ0v) is 25.6. The van der Waals surface area contributed by atoms with Gasteiger partial charge in [-0.1, -0.05) is 114 Å². The summed E-state index contributed by atoms with van der Waals surface area (Å²) in [4.78, 5) is 5.48. The number of hydrogen-bond donors (Lipinski definition) is 0. The molecule has 0 unspecified atom stereocenters. The van der Waals surface area contributed by atoms with Crippen LogP contribution in [0.4, 0.5) is 0 Å². The number of benzene rings is 3. The van der Waals surface area contributed by atoms with E-state index in [2.05, 4.69) is 126 Å². The lowest BCUT2D eigenvalue weighted by Crippen LogP contribution is -2.01. The fourth-order valence-electron chi connectivity index (χ4n) is 6.46. The molecule has 0 bridgehead atoms. The molecule has 1 aromatic heterocycles. The van der Waals surface area contributed by atoms with Gasteiger partial charge < -0.3 is 0 Å². The number of hydrogen-bond acceptors (Lipinski definition) is 1. The van der Waals surface area contributed by atoms with Crippen molar-refractivity contribution < 1.29 is 0 Å². The van der Waals surface area contributed by atoms with Crippen LogP contribution in [-0.2, 0) is 12.8 Å². The number of rotatable bonds is 6. The van der Waals surface area contributed by atoms with E-state index in [1.54, 1.807) is 0 Å². The van der Waals surface area contributed by atoms with Gasteiger partial charge >= 0.3 is 0 Å². The largest absolute Gasteiger partial charge is 0.248 e. The van der Waals surface area contributed by atoms with E-state index in [0.717, 1.165) is 25.7 Å². The summed E-state index contributed by atoms with van der Waals surface area (Å²) in [5.41, 5.74) is 17.5. The van der Waals surface area contributed by atoms with Gasteiger partial charge in [0, 0.05) is 0 Å². The van der Waals surface area contributed by atoms with Gasteiger partial charge in [-0.25, -0.2) is 4.98 Å². The Hall–Kier alpha value is -3.71. The quantitative estimate of drug-likeness (QED) is 0.238. The summed E-state index contributed by atoms with van der Waals surface area (Å²) in [6.45, 7) is 13.6. The molecule has 1 nitrogen and oxygen atoms in total. The Balaban J connectivity index is 1.47. The van der Waals surface area contributed by atoms with Crippen molar-refractivity contribution in [3.8, 4) is 11.1 Å². The maximum atomic E-state index is 5.48. The van der Waals surface area contributed by atoms with Crippen LogP contribution in [0.5, 0.6) is 0 Å². The molecule has 4 aromatic rings. The number of aromatic nitrogens is 1.